The van der Waals surface area contributed by atoms with Gasteiger partial charge in [-0.2, -0.15) is 0 Å². The number of carbonyl (C=O) groups is 3. The van der Waals surface area contributed by atoms with Crippen molar-refractivity contribution >= 4 is 41.1 Å². The summed E-state index contributed by atoms with van der Waals surface area (Å²) < 4.78 is 5.54. The van der Waals surface area contributed by atoms with Crippen LogP contribution in [0.25, 0.3) is 0 Å². The molecule has 3 amide bonds. The molecule has 178 valence electrons. The van der Waals surface area contributed by atoms with E-state index in [0.717, 1.165) is 12.8 Å². The van der Waals surface area contributed by atoms with E-state index in [9.17, 15) is 14.4 Å². The molecule has 0 aromatic heterocycles. The lowest BCUT2D eigenvalue weighted by Crippen LogP contribution is -2.49. The molecule has 2 rings (SSSR count). The summed E-state index contributed by atoms with van der Waals surface area (Å²) in [6, 6.07) is 4.57. The second kappa shape index (κ2) is 11.2. The molecule has 1 fully saturated rings. The molecule has 1 unspecified atom stereocenters. The SMILES string of the molecule is CC(C)N(CC1CCCN(C(=O)CNC(=O)c2ccc(Cl)cc2Cl)C1)C(=O)OC(C)(C)C. The summed E-state index contributed by atoms with van der Waals surface area (Å²) in [5, 5.41) is 3.30. The van der Waals surface area contributed by atoms with Crippen molar-refractivity contribution in [2.24, 2.45) is 5.92 Å². The zero-order valence-corrected chi connectivity index (χ0v) is 20.9. The van der Waals surface area contributed by atoms with Crippen LogP contribution in [0.4, 0.5) is 4.79 Å². The van der Waals surface area contributed by atoms with Gasteiger partial charge in [-0.3, -0.25) is 9.59 Å². The Morgan fingerprint density at radius 1 is 1.25 bits per heavy atom. The van der Waals surface area contributed by atoms with E-state index in [4.69, 9.17) is 27.9 Å². The van der Waals surface area contributed by atoms with Gasteiger partial charge in [-0.25, -0.2) is 4.79 Å². The van der Waals surface area contributed by atoms with Gasteiger partial charge < -0.3 is 19.9 Å². The van der Waals surface area contributed by atoms with E-state index in [2.05, 4.69) is 5.32 Å². The first-order valence-electron chi connectivity index (χ1n) is 10.9. The zero-order chi connectivity index (χ0) is 24.1. The van der Waals surface area contributed by atoms with Crippen LogP contribution in [0.2, 0.25) is 10.0 Å². The fourth-order valence-electron chi connectivity index (χ4n) is 3.57. The molecule has 1 aliphatic heterocycles. The maximum absolute atomic E-state index is 12.7. The second-order valence-electron chi connectivity index (χ2n) is 9.38. The molecule has 1 N–H and O–H groups in total. The molecule has 0 radical (unpaired) electrons. The highest BCUT2D eigenvalue weighted by Gasteiger charge is 2.30. The van der Waals surface area contributed by atoms with Crippen molar-refractivity contribution in [2.75, 3.05) is 26.2 Å². The normalized spacial score (nSPS) is 16.6. The average molecular weight is 486 g/mol. The monoisotopic (exact) mass is 485 g/mol. The van der Waals surface area contributed by atoms with Crippen molar-refractivity contribution in [1.82, 2.24) is 15.1 Å². The van der Waals surface area contributed by atoms with Gasteiger partial charge in [0, 0.05) is 30.7 Å². The highest BCUT2D eigenvalue weighted by Crippen LogP contribution is 2.22. The molecule has 1 saturated heterocycles. The van der Waals surface area contributed by atoms with Crippen LogP contribution in [-0.2, 0) is 9.53 Å². The van der Waals surface area contributed by atoms with Gasteiger partial charge in [0.1, 0.15) is 5.60 Å². The van der Waals surface area contributed by atoms with Gasteiger partial charge in [0.05, 0.1) is 17.1 Å². The van der Waals surface area contributed by atoms with E-state index in [0.29, 0.717) is 24.7 Å². The number of benzene rings is 1. The predicted octanol–water partition coefficient (Wildman–Crippen LogP) is 4.61. The first-order chi connectivity index (χ1) is 14.9. The molecule has 1 heterocycles. The van der Waals surface area contributed by atoms with Gasteiger partial charge in [-0.1, -0.05) is 23.2 Å². The van der Waals surface area contributed by atoms with Crippen LogP contribution in [-0.4, -0.2) is 65.5 Å². The van der Waals surface area contributed by atoms with E-state index < -0.39 is 11.5 Å². The minimum absolute atomic E-state index is 0.0145. The molecule has 7 nitrogen and oxygen atoms in total. The summed E-state index contributed by atoms with van der Waals surface area (Å²) in [7, 11) is 0. The van der Waals surface area contributed by atoms with Gasteiger partial charge in [-0.15, -0.1) is 0 Å². The van der Waals surface area contributed by atoms with Gasteiger partial charge in [0.25, 0.3) is 5.91 Å². The summed E-state index contributed by atoms with van der Waals surface area (Å²) in [6.45, 7) is 11.0. The summed E-state index contributed by atoms with van der Waals surface area (Å²) in [5.41, 5.74) is -0.297. The van der Waals surface area contributed by atoms with E-state index in [1.54, 1.807) is 15.9 Å². The molecular weight excluding hydrogens is 453 g/mol. The smallest absolute Gasteiger partial charge is 0.410 e. The van der Waals surface area contributed by atoms with Crippen molar-refractivity contribution in [3.05, 3.63) is 33.8 Å². The number of piperidine rings is 1. The summed E-state index contributed by atoms with van der Waals surface area (Å²) in [5.74, 6) is -0.449. The molecule has 9 heteroatoms. The Balaban J connectivity index is 1.92. The van der Waals surface area contributed by atoms with E-state index in [-0.39, 0.29) is 41.1 Å². The van der Waals surface area contributed by atoms with Gasteiger partial charge >= 0.3 is 6.09 Å². The standard InChI is InChI=1S/C23H33Cl2N3O4/c1-15(2)28(22(31)32-23(3,4)5)14-16-7-6-10-27(13-16)20(29)12-26-21(30)18-9-8-17(24)11-19(18)25/h8-9,11,15-16H,6-7,10,12-14H2,1-5H3,(H,26,30). The van der Waals surface area contributed by atoms with E-state index in [1.807, 2.05) is 34.6 Å². The highest BCUT2D eigenvalue weighted by atomic mass is 35.5. The lowest BCUT2D eigenvalue weighted by Gasteiger charge is -2.37. The number of hydrogen-bond donors (Lipinski definition) is 1. The molecule has 0 saturated carbocycles. The summed E-state index contributed by atoms with van der Waals surface area (Å²) in [4.78, 5) is 41.1. The first kappa shape index (κ1) is 26.3. The van der Waals surface area contributed by atoms with Crippen molar-refractivity contribution < 1.29 is 19.1 Å². The molecule has 32 heavy (non-hydrogen) atoms. The fraction of sp³-hybridized carbons (Fsp3) is 0.609. The fourth-order valence-corrected chi connectivity index (χ4v) is 4.07. The molecule has 1 atom stereocenters. The third-order valence-electron chi connectivity index (χ3n) is 5.15. The van der Waals surface area contributed by atoms with Crippen LogP contribution in [0.3, 0.4) is 0 Å². The van der Waals surface area contributed by atoms with E-state index >= 15 is 0 Å². The maximum Gasteiger partial charge on any atom is 0.410 e. The number of nitrogens with one attached hydrogen (secondary N) is 1. The minimum Gasteiger partial charge on any atom is -0.444 e. The topological polar surface area (TPSA) is 79.0 Å². The molecule has 1 aromatic carbocycles. The maximum atomic E-state index is 12.7. The summed E-state index contributed by atoms with van der Waals surface area (Å²) in [6.07, 6.45) is 1.42. The summed E-state index contributed by atoms with van der Waals surface area (Å²) >= 11 is 11.9. The Hall–Kier alpha value is -1.99. The lowest BCUT2D eigenvalue weighted by atomic mass is 9.97. The number of amides is 3. The van der Waals surface area contributed by atoms with Crippen LogP contribution < -0.4 is 5.32 Å². The molecule has 1 aromatic rings. The van der Waals surface area contributed by atoms with Crippen LogP contribution in [0.15, 0.2) is 18.2 Å². The van der Waals surface area contributed by atoms with Gasteiger partial charge in [0.2, 0.25) is 5.91 Å². The van der Waals surface area contributed by atoms with Crippen LogP contribution in [0, 0.1) is 5.92 Å². The molecule has 0 aliphatic carbocycles. The Labute approximate surface area is 200 Å². The Kier molecular flexibility index (Phi) is 9.22. The van der Waals surface area contributed by atoms with Crippen molar-refractivity contribution in [3.63, 3.8) is 0 Å². The van der Waals surface area contributed by atoms with Crippen molar-refractivity contribution in [1.29, 1.82) is 0 Å². The Morgan fingerprint density at radius 3 is 2.53 bits per heavy atom. The predicted molar refractivity (Wildman–Crippen MR) is 126 cm³/mol. The number of halogens is 2. The number of likely N-dealkylation sites (tertiary alicyclic amines) is 1. The average Bonchev–Trinajstić information content (AvgIpc) is 2.68. The van der Waals surface area contributed by atoms with Crippen LogP contribution in [0.1, 0.15) is 57.8 Å². The number of hydrogen-bond acceptors (Lipinski definition) is 4. The quantitative estimate of drug-likeness (QED) is 0.637. The number of carbonyl (C=O) groups excluding carboxylic acids is 3. The van der Waals surface area contributed by atoms with Crippen LogP contribution >= 0.6 is 23.2 Å². The number of ether oxygens (including phenoxy) is 1. The minimum atomic E-state index is -0.565. The first-order valence-corrected chi connectivity index (χ1v) is 11.6. The third kappa shape index (κ3) is 7.85. The van der Waals surface area contributed by atoms with Crippen molar-refractivity contribution in [3.8, 4) is 0 Å². The largest absolute Gasteiger partial charge is 0.444 e. The van der Waals surface area contributed by atoms with Crippen molar-refractivity contribution in [2.45, 2.75) is 59.1 Å². The highest BCUT2D eigenvalue weighted by molar-refractivity contribution is 6.36. The molecule has 0 spiro atoms. The van der Waals surface area contributed by atoms with Crippen LogP contribution in [0.5, 0.6) is 0 Å². The molecule has 0 bridgehead atoms. The third-order valence-corrected chi connectivity index (χ3v) is 5.70. The van der Waals surface area contributed by atoms with Gasteiger partial charge in [0.15, 0.2) is 0 Å². The number of nitrogens with zero attached hydrogens (tertiary/aromatic N) is 2. The second-order valence-corrected chi connectivity index (χ2v) is 10.2. The molecular formula is C23H33Cl2N3O4. The van der Waals surface area contributed by atoms with E-state index in [1.165, 1.54) is 12.1 Å². The Bertz CT molecular complexity index is 839. The lowest BCUT2D eigenvalue weighted by molar-refractivity contribution is -0.132. The molecule has 1 aliphatic rings. The number of rotatable bonds is 6. The van der Waals surface area contributed by atoms with Gasteiger partial charge in [-0.05, 0) is 71.6 Å². The zero-order valence-electron chi connectivity index (χ0n) is 19.4. The Morgan fingerprint density at radius 2 is 1.94 bits per heavy atom.